The Labute approximate surface area is 179 Å². The van der Waals surface area contributed by atoms with Crippen molar-refractivity contribution in [3.63, 3.8) is 0 Å². The van der Waals surface area contributed by atoms with E-state index in [9.17, 15) is 10.2 Å². The molecule has 0 bridgehead atoms. The normalized spacial score (nSPS) is 31.4. The number of aliphatic hydroxyl groups is 2. The molecule has 8 nitrogen and oxygen atoms in total. The largest absolute Gasteiger partial charge is 0.390 e. The molecule has 2 saturated carbocycles. The van der Waals surface area contributed by atoms with Crippen molar-refractivity contribution in [2.75, 3.05) is 5.73 Å². The second-order valence-corrected chi connectivity index (χ2v) is 9.18. The Bertz CT molecular complexity index is 1200. The van der Waals surface area contributed by atoms with Crippen LogP contribution in [0, 0.1) is 11.8 Å². The number of benzene rings is 1. The first-order valence-electron chi connectivity index (χ1n) is 10.9. The van der Waals surface area contributed by atoms with Gasteiger partial charge in [-0.2, -0.15) is 0 Å². The Kier molecular flexibility index (Phi) is 4.10. The fourth-order valence-electron chi connectivity index (χ4n) is 5.52. The lowest BCUT2D eigenvalue weighted by atomic mass is 9.94. The molecule has 1 aliphatic heterocycles. The van der Waals surface area contributed by atoms with Gasteiger partial charge >= 0.3 is 0 Å². The lowest BCUT2D eigenvalue weighted by molar-refractivity contribution is 0.00545. The van der Waals surface area contributed by atoms with Crippen LogP contribution in [0.5, 0.6) is 0 Å². The zero-order chi connectivity index (χ0) is 21.3. The number of nitrogens with two attached hydrogens (primary N) is 2. The van der Waals surface area contributed by atoms with Crippen molar-refractivity contribution >= 4 is 28.4 Å². The number of nitrogen functional groups attached to an aromatic ring is 1. The summed E-state index contributed by atoms with van der Waals surface area (Å²) in [4.78, 5) is 13.0. The van der Waals surface area contributed by atoms with E-state index < -0.39 is 12.2 Å². The van der Waals surface area contributed by atoms with E-state index in [2.05, 4.69) is 33.2 Å². The number of nitrogens with zero attached hydrogens (tertiary/aromatic N) is 4. The van der Waals surface area contributed by atoms with Crippen LogP contribution in [0.1, 0.15) is 42.3 Å². The van der Waals surface area contributed by atoms with Gasteiger partial charge < -0.3 is 26.2 Å². The summed E-state index contributed by atoms with van der Waals surface area (Å²) < 4.78 is 1.92. The average molecular weight is 419 g/mol. The Morgan fingerprint density at radius 1 is 1.03 bits per heavy atom. The fourth-order valence-corrected chi connectivity index (χ4v) is 5.52. The first kappa shape index (κ1) is 18.8. The van der Waals surface area contributed by atoms with Crippen LogP contribution in [0.4, 0.5) is 11.5 Å². The third kappa shape index (κ3) is 2.93. The molecule has 1 unspecified atom stereocenters. The second-order valence-electron chi connectivity index (χ2n) is 9.18. The molecular weight excluding hydrogens is 392 g/mol. The number of aliphatic imine (C=N–C) groups is 1. The number of rotatable bonds is 4. The van der Waals surface area contributed by atoms with Crippen LogP contribution in [0.2, 0.25) is 0 Å². The minimum atomic E-state index is -0.850. The van der Waals surface area contributed by atoms with Crippen LogP contribution in [-0.4, -0.2) is 42.8 Å². The van der Waals surface area contributed by atoms with E-state index in [-0.39, 0.29) is 12.0 Å². The molecule has 8 heteroatoms. The summed E-state index contributed by atoms with van der Waals surface area (Å²) in [5, 5.41) is 22.3. The van der Waals surface area contributed by atoms with Gasteiger partial charge in [-0.3, -0.25) is 0 Å². The van der Waals surface area contributed by atoms with Crippen LogP contribution >= 0.6 is 0 Å². The molecule has 3 heterocycles. The molecular formula is C23H26N6O2. The quantitative estimate of drug-likeness (QED) is 0.512. The van der Waals surface area contributed by atoms with Gasteiger partial charge in [-0.15, -0.1) is 0 Å². The van der Waals surface area contributed by atoms with E-state index in [0.717, 1.165) is 36.2 Å². The van der Waals surface area contributed by atoms with Crippen molar-refractivity contribution in [1.29, 1.82) is 0 Å². The molecule has 160 valence electrons. The van der Waals surface area contributed by atoms with Crippen LogP contribution < -0.4 is 11.5 Å². The van der Waals surface area contributed by atoms with Crippen molar-refractivity contribution < 1.29 is 10.2 Å². The number of aliphatic hydroxyl groups excluding tert-OH is 2. The van der Waals surface area contributed by atoms with Gasteiger partial charge in [0.2, 0.25) is 0 Å². The topological polar surface area (TPSA) is 136 Å². The first-order chi connectivity index (χ1) is 15.0. The second kappa shape index (κ2) is 6.77. The highest BCUT2D eigenvalue weighted by Crippen LogP contribution is 2.53. The summed E-state index contributed by atoms with van der Waals surface area (Å²) in [6, 6.07) is 8.10. The first-order valence-corrected chi connectivity index (χ1v) is 10.9. The van der Waals surface area contributed by atoms with E-state index in [0.29, 0.717) is 29.7 Å². The lowest BCUT2D eigenvalue weighted by Gasteiger charge is -2.19. The van der Waals surface area contributed by atoms with Crippen LogP contribution in [-0.2, 0) is 6.42 Å². The van der Waals surface area contributed by atoms with E-state index in [1.807, 2.05) is 16.8 Å². The van der Waals surface area contributed by atoms with Crippen LogP contribution in [0.3, 0.4) is 0 Å². The summed E-state index contributed by atoms with van der Waals surface area (Å²) in [6.07, 6.45) is 5.06. The highest BCUT2D eigenvalue weighted by molar-refractivity contribution is 5.92. The van der Waals surface area contributed by atoms with E-state index in [1.165, 1.54) is 17.5 Å². The van der Waals surface area contributed by atoms with Crippen molar-refractivity contribution in [2.24, 2.45) is 22.6 Å². The maximum absolute atomic E-state index is 10.8. The number of hydrogen-bond acceptors (Lipinski definition) is 7. The van der Waals surface area contributed by atoms with Gasteiger partial charge in [0.05, 0.1) is 23.2 Å². The molecule has 2 fully saturated rings. The number of anilines is 1. The zero-order valence-electron chi connectivity index (χ0n) is 17.1. The van der Waals surface area contributed by atoms with Crippen LogP contribution in [0.15, 0.2) is 41.8 Å². The molecule has 6 N–H and O–H groups in total. The predicted molar refractivity (Wildman–Crippen MR) is 118 cm³/mol. The molecule has 6 rings (SSSR count). The van der Waals surface area contributed by atoms with Gasteiger partial charge in [-0.25, -0.2) is 15.0 Å². The Morgan fingerprint density at radius 2 is 1.90 bits per heavy atom. The van der Waals surface area contributed by atoms with Crippen LogP contribution in [0.25, 0.3) is 11.0 Å². The molecule has 6 atom stereocenters. The molecule has 2 aliphatic carbocycles. The van der Waals surface area contributed by atoms with Crippen molar-refractivity contribution in [3.05, 3.63) is 47.9 Å². The van der Waals surface area contributed by atoms with E-state index >= 15 is 0 Å². The van der Waals surface area contributed by atoms with Gasteiger partial charge in [0.1, 0.15) is 29.7 Å². The molecule has 3 aliphatic rings. The fraction of sp³-hybridized carbons (Fsp3) is 0.435. The summed E-state index contributed by atoms with van der Waals surface area (Å²) >= 11 is 0. The zero-order valence-corrected chi connectivity index (χ0v) is 17.1. The molecule has 1 aromatic carbocycles. The van der Waals surface area contributed by atoms with E-state index in [4.69, 9.17) is 11.5 Å². The third-order valence-electron chi connectivity index (χ3n) is 7.39. The molecule has 0 radical (unpaired) electrons. The molecule has 3 aromatic rings. The molecule has 0 saturated heterocycles. The standard InChI is InChI=1S/C23H26N6O2/c24-21-14-5-6-29(23(14)27-10-26-21)18-8-12(19(30)20(18)31)3-1-11-2-4-13-15-9-16(15)22(25)28-17(13)7-11/h2,4-7,10,12,15-16,18-20,30-31H,1,3,8-9H2,(H2,25,28)(H2,24,26,27)/t12-,15+,16?,18+,19+,20-/m0/s1. The number of aromatic nitrogens is 3. The molecule has 0 amide bonds. The number of amidine groups is 1. The number of fused-ring (bicyclic) bond motifs is 4. The lowest BCUT2D eigenvalue weighted by Crippen LogP contribution is -2.29. The molecule has 31 heavy (non-hydrogen) atoms. The minimum Gasteiger partial charge on any atom is -0.390 e. The average Bonchev–Trinajstić information content (AvgIpc) is 3.39. The Balaban J connectivity index is 1.19. The van der Waals surface area contributed by atoms with E-state index in [1.54, 1.807) is 0 Å². The van der Waals surface area contributed by atoms with Gasteiger partial charge in [0.25, 0.3) is 0 Å². The smallest absolute Gasteiger partial charge is 0.145 e. The molecule has 0 spiro atoms. The van der Waals surface area contributed by atoms with Gasteiger partial charge in [0, 0.05) is 12.1 Å². The summed E-state index contributed by atoms with van der Waals surface area (Å²) in [6.45, 7) is 0. The predicted octanol–water partition coefficient (Wildman–Crippen LogP) is 2.03. The van der Waals surface area contributed by atoms with Crippen molar-refractivity contribution in [1.82, 2.24) is 14.5 Å². The Hall–Kier alpha value is -2.97. The Morgan fingerprint density at radius 3 is 2.77 bits per heavy atom. The maximum Gasteiger partial charge on any atom is 0.145 e. The van der Waals surface area contributed by atoms with Crippen molar-refractivity contribution in [2.45, 2.75) is 49.9 Å². The minimum absolute atomic E-state index is 0.00551. The highest BCUT2D eigenvalue weighted by Gasteiger charge is 2.45. The van der Waals surface area contributed by atoms with Gasteiger partial charge in [-0.1, -0.05) is 12.1 Å². The number of aryl methyl sites for hydroxylation is 1. The summed E-state index contributed by atoms with van der Waals surface area (Å²) in [5.41, 5.74) is 16.2. The third-order valence-corrected chi connectivity index (χ3v) is 7.39. The van der Waals surface area contributed by atoms with Crippen molar-refractivity contribution in [3.8, 4) is 0 Å². The summed E-state index contributed by atoms with van der Waals surface area (Å²) in [7, 11) is 0. The highest BCUT2D eigenvalue weighted by atomic mass is 16.3. The van der Waals surface area contributed by atoms with Gasteiger partial charge in [0.15, 0.2) is 0 Å². The molecule has 2 aromatic heterocycles. The number of hydrogen-bond donors (Lipinski definition) is 4. The monoisotopic (exact) mass is 418 g/mol. The maximum atomic E-state index is 10.8. The summed E-state index contributed by atoms with van der Waals surface area (Å²) in [5.74, 6) is 2.16. The SMILES string of the molecule is NC1=Nc2cc(CC[C@H]3C[C@@H](n4ccc5c(N)ncnc54)[C@H](O)[C@@H]3O)ccc2[C@H]2CC12. The van der Waals surface area contributed by atoms with Gasteiger partial charge in [-0.05, 0) is 60.8 Å².